The Kier molecular flexibility index (Phi) is 12.0. The van der Waals surface area contributed by atoms with Crippen LogP contribution in [0.3, 0.4) is 0 Å². The fourth-order valence-corrected chi connectivity index (χ4v) is 0.364. The molecular weight excluding hydrogens is 174 g/mol. The lowest BCUT2D eigenvalue weighted by Crippen LogP contribution is -2.26. The summed E-state index contributed by atoms with van der Waals surface area (Å²) < 4.78 is 4.27. The summed E-state index contributed by atoms with van der Waals surface area (Å²) in [5.74, 6) is -0.333. The molecule has 0 aliphatic heterocycles. The van der Waals surface area contributed by atoms with Gasteiger partial charge in [-0.1, -0.05) is 0 Å². The van der Waals surface area contributed by atoms with Crippen LogP contribution in [0.15, 0.2) is 0 Å². The fourth-order valence-electron chi connectivity index (χ4n) is 0.364. The molecule has 0 aliphatic rings. The Morgan fingerprint density at radius 1 is 1.38 bits per heavy atom. The molecule has 0 saturated heterocycles. The van der Waals surface area contributed by atoms with Gasteiger partial charge in [0.2, 0.25) is 5.91 Å². The molecule has 1 amide bonds. The Morgan fingerprint density at radius 3 is 2.00 bits per heavy atom. The molecule has 0 spiro atoms. The normalized spacial score (nSPS) is 8.00. The van der Waals surface area contributed by atoms with Crippen molar-refractivity contribution in [3.05, 3.63) is 0 Å². The number of amides is 1. The summed E-state index contributed by atoms with van der Waals surface area (Å²) >= 11 is 0. The first-order chi connectivity index (χ1) is 6.08. The van der Waals surface area contributed by atoms with Crippen molar-refractivity contribution in [1.29, 1.82) is 0 Å². The lowest BCUT2D eigenvalue weighted by Gasteiger charge is -1.91. The highest BCUT2D eigenvalue weighted by atomic mass is 16.5. The van der Waals surface area contributed by atoms with E-state index in [4.69, 9.17) is 11.5 Å². The van der Waals surface area contributed by atoms with Crippen molar-refractivity contribution < 1.29 is 14.3 Å². The zero-order valence-electron chi connectivity index (χ0n) is 8.00. The van der Waals surface area contributed by atoms with E-state index < -0.39 is 0 Å². The minimum absolute atomic E-state index is 0.0856. The van der Waals surface area contributed by atoms with Crippen LogP contribution in [0.2, 0.25) is 0 Å². The zero-order chi connectivity index (χ0) is 10.7. The van der Waals surface area contributed by atoms with Crippen molar-refractivity contribution in [3.63, 3.8) is 0 Å². The fraction of sp³-hybridized carbons (Fsp3) is 0.714. The van der Waals surface area contributed by atoms with E-state index in [1.165, 1.54) is 14.0 Å². The molecule has 0 unspecified atom stereocenters. The third kappa shape index (κ3) is 18.1. The van der Waals surface area contributed by atoms with E-state index in [-0.39, 0.29) is 18.5 Å². The second kappa shape index (κ2) is 10.9. The molecule has 0 atom stereocenters. The topological polar surface area (TPSA) is 107 Å². The molecule has 0 aliphatic carbocycles. The summed E-state index contributed by atoms with van der Waals surface area (Å²) in [5, 5.41) is 2.35. The average molecular weight is 191 g/mol. The lowest BCUT2D eigenvalue weighted by molar-refractivity contribution is -0.140. The number of hydrogen-bond donors (Lipinski definition) is 3. The van der Waals surface area contributed by atoms with Crippen molar-refractivity contribution in [3.8, 4) is 0 Å². The van der Waals surface area contributed by atoms with Gasteiger partial charge < -0.3 is 21.5 Å². The summed E-state index contributed by atoms with van der Waals surface area (Å²) in [7, 11) is 1.35. The van der Waals surface area contributed by atoms with Crippen molar-refractivity contribution in [2.75, 3.05) is 20.3 Å². The van der Waals surface area contributed by atoms with Crippen LogP contribution >= 0.6 is 0 Å². The Bertz CT molecular complexity index is 150. The minimum atomic E-state index is -0.248. The number of nitrogens with one attached hydrogen (secondary N) is 1. The first kappa shape index (κ1) is 14.4. The molecule has 0 radical (unpaired) electrons. The largest absolute Gasteiger partial charge is 0.469 e. The Labute approximate surface area is 77.6 Å². The standard InChI is InChI=1S/C4H9NO2.C3H8N2O/c1-7-4(6)2-3-5;1-3(6)5-2-4/h2-3,5H2,1H3;2,4H2,1H3,(H,5,6). The van der Waals surface area contributed by atoms with Crippen LogP contribution in [0, 0.1) is 0 Å². The van der Waals surface area contributed by atoms with Crippen LogP contribution in [0.4, 0.5) is 0 Å². The van der Waals surface area contributed by atoms with E-state index >= 15 is 0 Å². The summed E-state index contributed by atoms with van der Waals surface area (Å²) in [6, 6.07) is 0. The number of esters is 1. The van der Waals surface area contributed by atoms with E-state index in [0.717, 1.165) is 0 Å². The summed E-state index contributed by atoms with van der Waals surface area (Å²) in [6.45, 7) is 2.02. The van der Waals surface area contributed by atoms with Crippen LogP contribution in [0.25, 0.3) is 0 Å². The van der Waals surface area contributed by atoms with Crippen molar-refractivity contribution in [1.82, 2.24) is 5.32 Å². The highest BCUT2D eigenvalue weighted by molar-refractivity contribution is 5.72. The van der Waals surface area contributed by atoms with Gasteiger partial charge in [0.1, 0.15) is 0 Å². The van der Waals surface area contributed by atoms with E-state index in [9.17, 15) is 9.59 Å². The predicted molar refractivity (Wildman–Crippen MR) is 48.6 cm³/mol. The molecule has 5 N–H and O–H groups in total. The van der Waals surface area contributed by atoms with Crippen molar-refractivity contribution in [2.24, 2.45) is 11.5 Å². The second-order valence-corrected chi connectivity index (χ2v) is 2.05. The molecule has 6 nitrogen and oxygen atoms in total. The van der Waals surface area contributed by atoms with E-state index in [0.29, 0.717) is 13.0 Å². The van der Waals surface area contributed by atoms with Gasteiger partial charge >= 0.3 is 5.97 Å². The third-order valence-electron chi connectivity index (χ3n) is 0.927. The number of carbonyl (C=O) groups is 2. The molecular formula is C7H17N3O3. The number of hydrogen-bond acceptors (Lipinski definition) is 5. The number of methoxy groups -OCH3 is 1. The predicted octanol–water partition coefficient (Wildman–Crippen LogP) is -1.45. The molecule has 0 rings (SSSR count). The molecule has 0 heterocycles. The van der Waals surface area contributed by atoms with Crippen molar-refractivity contribution in [2.45, 2.75) is 13.3 Å². The Hall–Kier alpha value is -1.14. The highest BCUT2D eigenvalue weighted by Crippen LogP contribution is 1.76. The maximum atomic E-state index is 10.1. The lowest BCUT2D eigenvalue weighted by atomic mass is 10.4. The van der Waals surface area contributed by atoms with Gasteiger partial charge in [-0.25, -0.2) is 0 Å². The molecule has 0 aromatic carbocycles. The zero-order valence-corrected chi connectivity index (χ0v) is 8.00. The number of carbonyl (C=O) groups excluding carboxylic acids is 2. The number of rotatable bonds is 3. The van der Waals surface area contributed by atoms with Crippen LogP contribution in [-0.2, 0) is 14.3 Å². The Morgan fingerprint density at radius 2 is 1.92 bits per heavy atom. The van der Waals surface area contributed by atoms with Gasteiger partial charge in [0.25, 0.3) is 0 Å². The summed E-state index contributed by atoms with van der Waals surface area (Å²) in [4.78, 5) is 20.0. The quantitative estimate of drug-likeness (QED) is 0.373. The molecule has 0 aromatic rings. The van der Waals surface area contributed by atoms with Gasteiger partial charge in [-0.15, -0.1) is 0 Å². The maximum Gasteiger partial charge on any atom is 0.306 e. The average Bonchev–Trinajstić information content (AvgIpc) is 2.05. The van der Waals surface area contributed by atoms with E-state index in [1.54, 1.807) is 0 Å². The molecule has 0 bridgehead atoms. The molecule has 0 saturated carbocycles. The van der Waals surface area contributed by atoms with Gasteiger partial charge in [-0.3, -0.25) is 9.59 Å². The smallest absolute Gasteiger partial charge is 0.306 e. The number of ether oxygens (including phenoxy) is 1. The summed E-state index contributed by atoms with van der Waals surface area (Å²) in [5.41, 5.74) is 9.90. The third-order valence-corrected chi connectivity index (χ3v) is 0.927. The number of nitrogens with two attached hydrogens (primary N) is 2. The maximum absolute atomic E-state index is 10.1. The van der Waals surface area contributed by atoms with Crippen LogP contribution in [0.1, 0.15) is 13.3 Å². The monoisotopic (exact) mass is 191 g/mol. The molecule has 6 heteroatoms. The van der Waals surface area contributed by atoms with Gasteiger partial charge in [-0.2, -0.15) is 0 Å². The van der Waals surface area contributed by atoms with Crippen LogP contribution in [0.5, 0.6) is 0 Å². The van der Waals surface area contributed by atoms with Gasteiger partial charge in [0.05, 0.1) is 20.2 Å². The van der Waals surface area contributed by atoms with Crippen LogP contribution in [-0.4, -0.2) is 32.2 Å². The first-order valence-electron chi connectivity index (χ1n) is 3.79. The molecule has 13 heavy (non-hydrogen) atoms. The minimum Gasteiger partial charge on any atom is -0.469 e. The van der Waals surface area contributed by atoms with Gasteiger partial charge in [0.15, 0.2) is 0 Å². The van der Waals surface area contributed by atoms with E-state index in [2.05, 4.69) is 10.1 Å². The van der Waals surface area contributed by atoms with Gasteiger partial charge in [0, 0.05) is 13.5 Å². The van der Waals surface area contributed by atoms with Crippen LogP contribution < -0.4 is 16.8 Å². The molecule has 0 aromatic heterocycles. The SMILES string of the molecule is CC(=O)NCN.COC(=O)CCN. The first-order valence-corrected chi connectivity index (χ1v) is 3.79. The van der Waals surface area contributed by atoms with Gasteiger partial charge in [-0.05, 0) is 0 Å². The Balaban J connectivity index is 0. The highest BCUT2D eigenvalue weighted by Gasteiger charge is 1.92. The second-order valence-electron chi connectivity index (χ2n) is 2.05. The van der Waals surface area contributed by atoms with E-state index in [1.807, 2.05) is 0 Å². The van der Waals surface area contributed by atoms with Crippen molar-refractivity contribution >= 4 is 11.9 Å². The summed E-state index contributed by atoms with van der Waals surface area (Å²) in [6.07, 6.45) is 0.316. The molecule has 0 fully saturated rings. The molecule has 78 valence electrons.